The molecule has 0 saturated carbocycles. The second-order valence-electron chi connectivity index (χ2n) is 3.92. The zero-order chi connectivity index (χ0) is 15.7. The Morgan fingerprint density at radius 2 is 1.95 bits per heavy atom. The van der Waals surface area contributed by atoms with E-state index in [1.54, 1.807) is 0 Å². The molecule has 1 rings (SSSR count). The lowest BCUT2D eigenvalue weighted by molar-refractivity contribution is -0.386. The number of benzene rings is 1. The van der Waals surface area contributed by atoms with Crippen molar-refractivity contribution in [3.63, 3.8) is 0 Å². The van der Waals surface area contributed by atoms with Crippen LogP contribution in [0.2, 0.25) is 0 Å². The number of carbonyl (C=O) groups is 1. The fourth-order valence-corrected chi connectivity index (χ4v) is 2.51. The number of nitro groups is 1. The smallest absolute Gasteiger partial charge is 0.313 e. The molecule has 1 aromatic rings. The summed E-state index contributed by atoms with van der Waals surface area (Å²) in [5, 5.41) is 11.0. The average Bonchev–Trinajstić information content (AvgIpc) is 2.34. The minimum Gasteiger partial charge on any atom is -0.489 e. The topological polar surface area (TPSA) is 107 Å². The van der Waals surface area contributed by atoms with Gasteiger partial charge in [0.05, 0.1) is 12.0 Å². The molecule has 0 spiro atoms. The molecule has 1 amide bonds. The average molecular weight is 323 g/mol. The van der Waals surface area contributed by atoms with Crippen molar-refractivity contribution in [2.45, 2.75) is 4.90 Å². The number of hydrogen-bond acceptors (Lipinski definition) is 6. The van der Waals surface area contributed by atoms with E-state index in [0.29, 0.717) is 0 Å². The van der Waals surface area contributed by atoms with Gasteiger partial charge in [-0.3, -0.25) is 14.9 Å². The number of hydrogen-bond donors (Lipinski definition) is 0. The molecule has 0 heterocycles. The van der Waals surface area contributed by atoms with Gasteiger partial charge in [-0.1, -0.05) is 0 Å². The first-order valence-electron chi connectivity index (χ1n) is 5.12. The normalized spacial score (nSPS) is 11.0. The number of methoxy groups -OCH3 is 1. The van der Waals surface area contributed by atoms with Crippen molar-refractivity contribution in [3.8, 4) is 5.75 Å². The predicted molar refractivity (Wildman–Crippen MR) is 70.7 cm³/mol. The highest BCUT2D eigenvalue weighted by Gasteiger charge is 2.29. The SMILES string of the molecule is COc1c([N+](=O)[O-])cc(C(=O)N(C)C)cc1S(=O)(=O)Cl. The fraction of sp³-hybridized carbons (Fsp3) is 0.300. The molecular formula is C10H11ClN2O6S. The molecule has 0 radical (unpaired) electrons. The molecule has 0 aliphatic carbocycles. The minimum atomic E-state index is -4.31. The highest BCUT2D eigenvalue weighted by Crippen LogP contribution is 2.37. The Morgan fingerprint density at radius 1 is 1.40 bits per heavy atom. The van der Waals surface area contributed by atoms with Crippen LogP contribution in [0, 0.1) is 10.1 Å². The Morgan fingerprint density at radius 3 is 2.30 bits per heavy atom. The van der Waals surface area contributed by atoms with E-state index >= 15 is 0 Å². The van der Waals surface area contributed by atoms with Crippen LogP contribution in [0.15, 0.2) is 17.0 Å². The Hall–Kier alpha value is -1.87. The molecule has 0 aliphatic rings. The highest BCUT2D eigenvalue weighted by atomic mass is 35.7. The van der Waals surface area contributed by atoms with Crippen molar-refractivity contribution in [1.82, 2.24) is 4.90 Å². The quantitative estimate of drug-likeness (QED) is 0.469. The number of ether oxygens (including phenoxy) is 1. The summed E-state index contributed by atoms with van der Waals surface area (Å²) in [6, 6.07) is 1.88. The zero-order valence-electron chi connectivity index (χ0n) is 10.8. The first-order valence-corrected chi connectivity index (χ1v) is 7.43. The van der Waals surface area contributed by atoms with Gasteiger partial charge >= 0.3 is 5.69 Å². The van der Waals surface area contributed by atoms with E-state index in [-0.39, 0.29) is 5.56 Å². The summed E-state index contributed by atoms with van der Waals surface area (Å²) >= 11 is 0. The maximum absolute atomic E-state index is 11.8. The van der Waals surface area contributed by atoms with Crippen LogP contribution in [0.4, 0.5) is 5.69 Å². The molecule has 110 valence electrons. The molecule has 0 aliphatic heterocycles. The summed E-state index contributed by atoms with van der Waals surface area (Å²) in [6.45, 7) is 0. The van der Waals surface area contributed by atoms with Gasteiger partial charge in [-0.25, -0.2) is 8.42 Å². The van der Waals surface area contributed by atoms with Crippen molar-refractivity contribution in [2.24, 2.45) is 0 Å². The molecule has 0 aromatic heterocycles. The van der Waals surface area contributed by atoms with Gasteiger partial charge in [0, 0.05) is 36.4 Å². The van der Waals surface area contributed by atoms with Gasteiger partial charge < -0.3 is 9.64 Å². The maximum Gasteiger partial charge on any atom is 0.313 e. The molecule has 0 fully saturated rings. The Balaban J connectivity index is 3.74. The van der Waals surface area contributed by atoms with Crippen molar-refractivity contribution < 1.29 is 22.9 Å². The molecule has 0 N–H and O–H groups in total. The van der Waals surface area contributed by atoms with E-state index in [1.165, 1.54) is 14.1 Å². The van der Waals surface area contributed by atoms with Gasteiger partial charge in [-0.05, 0) is 6.07 Å². The van der Waals surface area contributed by atoms with Gasteiger partial charge in [0.2, 0.25) is 5.75 Å². The number of halogens is 1. The van der Waals surface area contributed by atoms with Crippen LogP contribution in [0.3, 0.4) is 0 Å². The number of carbonyl (C=O) groups excluding carboxylic acids is 1. The first kappa shape index (κ1) is 16.2. The Kier molecular flexibility index (Phi) is 4.56. The van der Waals surface area contributed by atoms with Crippen LogP contribution >= 0.6 is 10.7 Å². The van der Waals surface area contributed by atoms with E-state index in [0.717, 1.165) is 24.1 Å². The van der Waals surface area contributed by atoms with E-state index in [2.05, 4.69) is 0 Å². The molecule has 0 unspecified atom stereocenters. The van der Waals surface area contributed by atoms with Crippen molar-refractivity contribution >= 4 is 31.3 Å². The van der Waals surface area contributed by atoms with E-state index in [9.17, 15) is 23.3 Å². The third-order valence-electron chi connectivity index (χ3n) is 2.35. The van der Waals surface area contributed by atoms with Gasteiger partial charge in [-0.15, -0.1) is 0 Å². The number of amides is 1. The standard InChI is InChI=1S/C10H11ClN2O6S/c1-12(2)10(14)6-4-7(13(15)16)9(19-3)8(5-6)20(11,17)18/h4-5H,1-3H3. The molecule has 0 atom stereocenters. The van der Waals surface area contributed by atoms with Gasteiger partial charge in [0.1, 0.15) is 4.90 Å². The predicted octanol–water partition coefficient (Wildman–Crippen LogP) is 1.23. The van der Waals surface area contributed by atoms with E-state index < -0.39 is 36.2 Å². The van der Waals surface area contributed by atoms with E-state index in [4.69, 9.17) is 15.4 Å². The Bertz CT molecular complexity index is 671. The number of rotatable bonds is 4. The lowest BCUT2D eigenvalue weighted by Crippen LogP contribution is -2.22. The largest absolute Gasteiger partial charge is 0.489 e. The minimum absolute atomic E-state index is 0.179. The monoisotopic (exact) mass is 322 g/mol. The molecule has 8 nitrogen and oxygen atoms in total. The zero-order valence-corrected chi connectivity index (χ0v) is 12.4. The summed E-state index contributed by atoms with van der Waals surface area (Å²) < 4.78 is 27.7. The van der Waals surface area contributed by atoms with Gasteiger partial charge in [0.25, 0.3) is 15.0 Å². The lowest BCUT2D eigenvalue weighted by Gasteiger charge is -2.12. The second kappa shape index (κ2) is 5.63. The van der Waals surface area contributed by atoms with Crippen LogP contribution in [-0.4, -0.2) is 45.4 Å². The van der Waals surface area contributed by atoms with Crippen molar-refractivity contribution in [2.75, 3.05) is 21.2 Å². The third kappa shape index (κ3) is 3.17. The van der Waals surface area contributed by atoms with Crippen LogP contribution in [0.5, 0.6) is 5.75 Å². The first-order chi connectivity index (χ1) is 9.09. The maximum atomic E-state index is 11.8. The van der Waals surface area contributed by atoms with Crippen LogP contribution in [-0.2, 0) is 9.05 Å². The molecule has 0 saturated heterocycles. The summed E-state index contributed by atoms with van der Waals surface area (Å²) in [7, 11) is 4.83. The second-order valence-corrected chi connectivity index (χ2v) is 6.46. The molecule has 0 bridgehead atoms. The number of nitro benzene ring substituents is 1. The van der Waals surface area contributed by atoms with Gasteiger partial charge in [0.15, 0.2) is 0 Å². The molecular weight excluding hydrogens is 312 g/mol. The van der Waals surface area contributed by atoms with Crippen LogP contribution in [0.1, 0.15) is 10.4 Å². The lowest BCUT2D eigenvalue weighted by atomic mass is 10.1. The summed E-state index contributed by atoms with van der Waals surface area (Å²) in [5.41, 5.74) is -0.832. The van der Waals surface area contributed by atoms with Gasteiger partial charge in [-0.2, -0.15) is 0 Å². The fourth-order valence-electron chi connectivity index (χ4n) is 1.49. The molecule has 10 heteroatoms. The third-order valence-corrected chi connectivity index (χ3v) is 3.68. The molecule has 20 heavy (non-hydrogen) atoms. The van der Waals surface area contributed by atoms with Crippen LogP contribution in [0.25, 0.3) is 0 Å². The highest BCUT2D eigenvalue weighted by molar-refractivity contribution is 8.13. The summed E-state index contributed by atoms with van der Waals surface area (Å²) in [4.78, 5) is 22.5. The Labute approximate surface area is 119 Å². The van der Waals surface area contributed by atoms with Crippen molar-refractivity contribution in [3.05, 3.63) is 27.8 Å². The number of nitrogens with zero attached hydrogens (tertiary/aromatic N) is 2. The molecule has 1 aromatic carbocycles. The summed E-state index contributed by atoms with van der Waals surface area (Å²) in [5.74, 6) is -1.11. The summed E-state index contributed by atoms with van der Waals surface area (Å²) in [6.07, 6.45) is 0. The van der Waals surface area contributed by atoms with Crippen LogP contribution < -0.4 is 4.74 Å². The van der Waals surface area contributed by atoms with Crippen molar-refractivity contribution in [1.29, 1.82) is 0 Å². The van der Waals surface area contributed by atoms with E-state index in [1.807, 2.05) is 0 Å².